The van der Waals surface area contributed by atoms with Crippen molar-refractivity contribution in [3.63, 3.8) is 0 Å². The number of nitrogen functional groups attached to an aromatic ring is 1. The number of hydrogen-bond donors (Lipinski definition) is 1. The number of nitrogens with zero attached hydrogens (tertiary/aromatic N) is 3. The summed E-state index contributed by atoms with van der Waals surface area (Å²) < 4.78 is 5.39. The zero-order valence-corrected chi connectivity index (χ0v) is 11.7. The van der Waals surface area contributed by atoms with Crippen LogP contribution in [-0.4, -0.2) is 28.2 Å². The van der Waals surface area contributed by atoms with Gasteiger partial charge in [-0.15, -0.1) is 0 Å². The Labute approximate surface area is 119 Å². The lowest BCUT2D eigenvalue weighted by Gasteiger charge is -2.21. The largest absolute Gasteiger partial charge is 0.381 e. The van der Waals surface area contributed by atoms with Crippen molar-refractivity contribution in [2.75, 3.05) is 18.9 Å². The Balaban J connectivity index is 2.01. The second-order valence-corrected chi connectivity index (χ2v) is 5.73. The van der Waals surface area contributed by atoms with Gasteiger partial charge in [0, 0.05) is 25.3 Å². The van der Waals surface area contributed by atoms with Crippen molar-refractivity contribution >= 4 is 28.1 Å². The Morgan fingerprint density at radius 3 is 2.84 bits per heavy atom. The summed E-state index contributed by atoms with van der Waals surface area (Å²) in [6.45, 7) is 1.54. The molecule has 0 radical (unpaired) electrons. The summed E-state index contributed by atoms with van der Waals surface area (Å²) in [6, 6.07) is 1.83. The van der Waals surface area contributed by atoms with E-state index in [4.69, 9.17) is 22.1 Å². The first-order valence-electron chi connectivity index (χ1n) is 6.07. The van der Waals surface area contributed by atoms with Gasteiger partial charge in [0.05, 0.1) is 16.3 Å². The maximum absolute atomic E-state index is 5.86. The van der Waals surface area contributed by atoms with Crippen LogP contribution < -0.4 is 5.73 Å². The molecule has 0 unspecified atom stereocenters. The molecule has 0 aliphatic carbocycles. The number of hydrogen-bond acceptors (Lipinski definition) is 6. The van der Waals surface area contributed by atoms with E-state index < -0.39 is 0 Å². The molecule has 1 fully saturated rings. The summed E-state index contributed by atoms with van der Waals surface area (Å²) in [5.41, 5.74) is 7.66. The van der Waals surface area contributed by atoms with Crippen LogP contribution in [0, 0.1) is 0 Å². The minimum Gasteiger partial charge on any atom is -0.381 e. The first kappa shape index (κ1) is 12.8. The van der Waals surface area contributed by atoms with E-state index >= 15 is 0 Å². The van der Waals surface area contributed by atoms with Crippen molar-refractivity contribution < 1.29 is 4.74 Å². The molecule has 1 aliphatic heterocycles. The van der Waals surface area contributed by atoms with Gasteiger partial charge in [-0.1, -0.05) is 11.3 Å². The highest BCUT2D eigenvalue weighted by Gasteiger charge is 2.24. The molecule has 0 atom stereocenters. The fourth-order valence-corrected chi connectivity index (χ4v) is 3.28. The Hall–Kier alpha value is -1.24. The summed E-state index contributed by atoms with van der Waals surface area (Å²) in [4.78, 5) is 13.6. The van der Waals surface area contributed by atoms with E-state index in [1.807, 2.05) is 6.07 Å². The number of anilines is 1. The molecule has 0 saturated carbocycles. The van der Waals surface area contributed by atoms with Gasteiger partial charge in [-0.05, 0) is 30.5 Å². The molecule has 1 saturated heterocycles. The van der Waals surface area contributed by atoms with Gasteiger partial charge < -0.3 is 10.5 Å². The maximum Gasteiger partial charge on any atom is 0.222 e. The standard InChI is InChI=1S/C12H13ClN4OS/c13-11-15-4-1-8(16-11)10-9(17-12(14)19-10)7-2-5-18-6-3-7/h1,4,7H,2-3,5-6H2,(H2,14,17). The lowest BCUT2D eigenvalue weighted by atomic mass is 9.95. The average molecular weight is 297 g/mol. The zero-order valence-electron chi connectivity index (χ0n) is 10.2. The fourth-order valence-electron chi connectivity index (χ4n) is 2.24. The minimum absolute atomic E-state index is 0.238. The Morgan fingerprint density at radius 2 is 2.11 bits per heavy atom. The zero-order chi connectivity index (χ0) is 13.2. The third kappa shape index (κ3) is 2.70. The van der Waals surface area contributed by atoms with Crippen molar-refractivity contribution in [3.05, 3.63) is 23.2 Å². The van der Waals surface area contributed by atoms with Crippen LogP contribution in [-0.2, 0) is 4.74 Å². The van der Waals surface area contributed by atoms with Crippen LogP contribution in [0.15, 0.2) is 12.3 Å². The number of halogens is 1. The third-order valence-electron chi connectivity index (χ3n) is 3.14. The number of thiazole rings is 1. The fraction of sp³-hybridized carbons (Fsp3) is 0.417. The molecule has 2 N–H and O–H groups in total. The molecule has 1 aliphatic rings. The predicted octanol–water partition coefficient (Wildman–Crippen LogP) is 2.73. The lowest BCUT2D eigenvalue weighted by Crippen LogP contribution is -2.15. The lowest BCUT2D eigenvalue weighted by molar-refractivity contribution is 0.0847. The first-order chi connectivity index (χ1) is 9.24. The van der Waals surface area contributed by atoms with E-state index in [2.05, 4.69) is 15.0 Å². The van der Waals surface area contributed by atoms with Gasteiger partial charge in [0.25, 0.3) is 0 Å². The molecular weight excluding hydrogens is 284 g/mol. The van der Waals surface area contributed by atoms with Gasteiger partial charge in [-0.3, -0.25) is 0 Å². The van der Waals surface area contributed by atoms with Crippen molar-refractivity contribution in [1.29, 1.82) is 0 Å². The van der Waals surface area contributed by atoms with Crippen molar-refractivity contribution in [2.24, 2.45) is 0 Å². The summed E-state index contributed by atoms with van der Waals surface area (Å²) in [5, 5.41) is 0.800. The molecule has 0 amide bonds. The molecule has 5 nitrogen and oxygen atoms in total. The topological polar surface area (TPSA) is 73.9 Å². The Kier molecular flexibility index (Phi) is 3.63. The Bertz CT molecular complexity index is 583. The van der Waals surface area contributed by atoms with Crippen molar-refractivity contribution in [3.8, 4) is 10.6 Å². The Morgan fingerprint density at radius 1 is 1.32 bits per heavy atom. The van der Waals surface area contributed by atoms with Gasteiger partial charge >= 0.3 is 0 Å². The minimum atomic E-state index is 0.238. The molecule has 7 heteroatoms. The number of ether oxygens (including phenoxy) is 1. The van der Waals surface area contributed by atoms with Gasteiger partial charge in [0.2, 0.25) is 5.28 Å². The maximum atomic E-state index is 5.86. The van der Waals surface area contributed by atoms with Gasteiger partial charge in [0.1, 0.15) is 0 Å². The molecular formula is C12H13ClN4OS. The van der Waals surface area contributed by atoms with Gasteiger partial charge in [0.15, 0.2) is 5.13 Å². The first-order valence-corrected chi connectivity index (χ1v) is 7.26. The summed E-state index contributed by atoms with van der Waals surface area (Å²) in [5.74, 6) is 0.381. The molecule has 3 rings (SSSR count). The molecule has 0 aromatic carbocycles. The number of aromatic nitrogens is 3. The monoisotopic (exact) mass is 296 g/mol. The smallest absolute Gasteiger partial charge is 0.222 e. The van der Waals surface area contributed by atoms with Crippen LogP contribution in [0.5, 0.6) is 0 Å². The molecule has 2 aromatic heterocycles. The highest BCUT2D eigenvalue weighted by molar-refractivity contribution is 7.18. The number of nitrogens with two attached hydrogens (primary N) is 1. The second kappa shape index (κ2) is 5.40. The summed E-state index contributed by atoms with van der Waals surface area (Å²) >= 11 is 7.30. The molecule has 2 aromatic rings. The van der Waals surface area contributed by atoms with Crippen LogP contribution >= 0.6 is 22.9 Å². The SMILES string of the molecule is Nc1nc(C2CCOCC2)c(-c2ccnc(Cl)n2)s1. The predicted molar refractivity (Wildman–Crippen MR) is 75.4 cm³/mol. The molecule has 0 spiro atoms. The molecule has 0 bridgehead atoms. The normalized spacial score (nSPS) is 16.7. The quantitative estimate of drug-likeness (QED) is 0.863. The van der Waals surface area contributed by atoms with E-state index in [0.29, 0.717) is 11.0 Å². The van der Waals surface area contributed by atoms with E-state index in [9.17, 15) is 0 Å². The van der Waals surface area contributed by atoms with E-state index in [0.717, 1.165) is 42.3 Å². The van der Waals surface area contributed by atoms with E-state index in [1.54, 1.807) is 6.20 Å². The van der Waals surface area contributed by atoms with Gasteiger partial charge in [-0.2, -0.15) is 0 Å². The van der Waals surface area contributed by atoms with Crippen LogP contribution in [0.4, 0.5) is 5.13 Å². The van der Waals surface area contributed by atoms with E-state index in [-0.39, 0.29) is 5.28 Å². The average Bonchev–Trinajstić information content (AvgIpc) is 2.82. The number of rotatable bonds is 2. The van der Waals surface area contributed by atoms with Crippen molar-refractivity contribution in [2.45, 2.75) is 18.8 Å². The summed E-state index contributed by atoms with van der Waals surface area (Å²) in [7, 11) is 0. The highest BCUT2D eigenvalue weighted by atomic mass is 35.5. The third-order valence-corrected chi connectivity index (χ3v) is 4.24. The van der Waals surface area contributed by atoms with Crippen LogP contribution in [0.25, 0.3) is 10.6 Å². The van der Waals surface area contributed by atoms with Crippen LogP contribution in [0.2, 0.25) is 5.28 Å². The van der Waals surface area contributed by atoms with Crippen LogP contribution in [0.1, 0.15) is 24.5 Å². The molecule has 19 heavy (non-hydrogen) atoms. The van der Waals surface area contributed by atoms with Gasteiger partial charge in [-0.25, -0.2) is 15.0 Å². The highest BCUT2D eigenvalue weighted by Crippen LogP contribution is 2.38. The molecule has 3 heterocycles. The second-order valence-electron chi connectivity index (χ2n) is 4.36. The van der Waals surface area contributed by atoms with E-state index in [1.165, 1.54) is 11.3 Å². The van der Waals surface area contributed by atoms with Crippen LogP contribution in [0.3, 0.4) is 0 Å². The van der Waals surface area contributed by atoms with Crippen molar-refractivity contribution in [1.82, 2.24) is 15.0 Å². The summed E-state index contributed by atoms with van der Waals surface area (Å²) in [6.07, 6.45) is 3.58. The molecule has 100 valence electrons.